The number of benzene rings is 1. The Morgan fingerprint density at radius 3 is 2.27 bits per heavy atom. The van der Waals surface area contributed by atoms with Crippen molar-refractivity contribution in [3.8, 4) is 0 Å². The van der Waals surface area contributed by atoms with Crippen LogP contribution in [0.4, 0.5) is 4.79 Å². The first-order valence-electron chi connectivity index (χ1n) is 11.6. The van der Waals surface area contributed by atoms with Gasteiger partial charge in [0, 0.05) is 19.5 Å². The Kier molecular flexibility index (Phi) is 8.92. The number of aryl methyl sites for hydroxylation is 1. The van der Waals surface area contributed by atoms with Crippen LogP contribution in [0.25, 0.3) is 0 Å². The largest absolute Gasteiger partial charge is 0.469 e. The lowest BCUT2D eigenvalue weighted by Crippen LogP contribution is -2.38. The molecule has 1 aliphatic heterocycles. The molecule has 0 unspecified atom stereocenters. The molecule has 2 rings (SSSR count). The third-order valence-electron chi connectivity index (χ3n) is 5.45. The van der Waals surface area contributed by atoms with Gasteiger partial charge in [-0.15, -0.1) is 0 Å². The van der Waals surface area contributed by atoms with Gasteiger partial charge in [0.2, 0.25) is 0 Å². The van der Waals surface area contributed by atoms with Gasteiger partial charge in [0.25, 0.3) is 0 Å². The minimum Gasteiger partial charge on any atom is -0.469 e. The fourth-order valence-electron chi connectivity index (χ4n) is 3.94. The van der Waals surface area contributed by atoms with E-state index in [9.17, 15) is 14.4 Å². The highest BCUT2D eigenvalue weighted by molar-refractivity contribution is 5.74. The Hall–Kier alpha value is -2.57. The van der Waals surface area contributed by atoms with E-state index in [1.807, 2.05) is 65.8 Å². The van der Waals surface area contributed by atoms with Crippen LogP contribution in [0.1, 0.15) is 65.5 Å². The zero-order valence-corrected chi connectivity index (χ0v) is 21.1. The van der Waals surface area contributed by atoms with E-state index >= 15 is 0 Å². The quantitative estimate of drug-likeness (QED) is 0.438. The molecular weight excluding hydrogens is 422 g/mol. The van der Waals surface area contributed by atoms with Gasteiger partial charge in [0.1, 0.15) is 11.2 Å². The maximum Gasteiger partial charge on any atom is 0.410 e. The molecule has 7 nitrogen and oxygen atoms in total. The number of ether oxygens (including phenoxy) is 3. The van der Waals surface area contributed by atoms with E-state index in [2.05, 4.69) is 0 Å². The first-order chi connectivity index (χ1) is 15.3. The average Bonchev–Trinajstić information content (AvgIpc) is 3.18. The summed E-state index contributed by atoms with van der Waals surface area (Å²) in [5, 5.41) is 0. The van der Waals surface area contributed by atoms with E-state index < -0.39 is 11.2 Å². The monoisotopic (exact) mass is 461 g/mol. The van der Waals surface area contributed by atoms with E-state index in [0.29, 0.717) is 38.8 Å². The molecule has 1 heterocycles. The molecule has 1 fully saturated rings. The normalized spacial score (nSPS) is 17.4. The van der Waals surface area contributed by atoms with E-state index in [-0.39, 0.29) is 29.9 Å². The van der Waals surface area contributed by atoms with Crippen molar-refractivity contribution in [1.82, 2.24) is 4.90 Å². The van der Waals surface area contributed by atoms with Crippen LogP contribution in [0.3, 0.4) is 0 Å². The van der Waals surface area contributed by atoms with E-state index in [0.717, 1.165) is 11.1 Å². The van der Waals surface area contributed by atoms with Crippen molar-refractivity contribution in [1.29, 1.82) is 0 Å². The van der Waals surface area contributed by atoms with Crippen molar-refractivity contribution < 1.29 is 28.6 Å². The van der Waals surface area contributed by atoms with E-state index in [1.165, 1.54) is 7.11 Å². The van der Waals surface area contributed by atoms with Crippen molar-refractivity contribution in [3.63, 3.8) is 0 Å². The zero-order chi connectivity index (χ0) is 24.8. The molecule has 1 aromatic rings. The molecule has 0 aromatic heterocycles. The number of carbonyl (C=O) groups is 3. The highest BCUT2D eigenvalue weighted by atomic mass is 16.6. The van der Waals surface area contributed by atoms with Crippen LogP contribution in [-0.4, -0.2) is 54.3 Å². The standard InChI is InChI=1S/C26H39NO6/c1-25(2,3)32-23(29)21(20-13-14-27(17-20)24(30)33-26(4,5)6)16-19-10-8-9-18(15-19)11-12-22(28)31-7/h8-10,15,20-21H,11-14,16-17H2,1-7H3/t20-,21-/m0/s1. The molecule has 33 heavy (non-hydrogen) atoms. The number of carbonyl (C=O) groups excluding carboxylic acids is 3. The van der Waals surface area contributed by atoms with Crippen molar-refractivity contribution in [2.75, 3.05) is 20.2 Å². The summed E-state index contributed by atoms with van der Waals surface area (Å²) in [6.45, 7) is 12.1. The Bertz CT molecular complexity index is 836. The molecule has 0 spiro atoms. The summed E-state index contributed by atoms with van der Waals surface area (Å²) < 4.78 is 16.0. The first kappa shape index (κ1) is 26.7. The van der Waals surface area contributed by atoms with Gasteiger partial charge in [0.15, 0.2) is 0 Å². The molecule has 1 amide bonds. The SMILES string of the molecule is COC(=O)CCc1cccc(C[C@H](C(=O)OC(C)(C)C)[C@H]2CCN(C(=O)OC(C)(C)C)C2)c1. The Balaban J connectivity index is 2.16. The van der Waals surface area contributed by atoms with Gasteiger partial charge in [0.05, 0.1) is 13.0 Å². The van der Waals surface area contributed by atoms with Gasteiger partial charge in [-0.05, 0) is 77.8 Å². The number of likely N-dealkylation sites (tertiary alicyclic amines) is 1. The van der Waals surface area contributed by atoms with Gasteiger partial charge < -0.3 is 19.1 Å². The van der Waals surface area contributed by atoms with Crippen LogP contribution in [-0.2, 0) is 36.6 Å². The van der Waals surface area contributed by atoms with Crippen molar-refractivity contribution in [2.24, 2.45) is 11.8 Å². The Morgan fingerprint density at radius 1 is 1.03 bits per heavy atom. The van der Waals surface area contributed by atoms with Crippen LogP contribution < -0.4 is 0 Å². The van der Waals surface area contributed by atoms with Gasteiger partial charge in [-0.25, -0.2) is 4.79 Å². The molecule has 1 aliphatic rings. The highest BCUT2D eigenvalue weighted by Crippen LogP contribution is 2.31. The maximum absolute atomic E-state index is 13.2. The smallest absolute Gasteiger partial charge is 0.410 e. The van der Waals surface area contributed by atoms with Gasteiger partial charge in [-0.1, -0.05) is 24.3 Å². The predicted octanol–water partition coefficient (Wildman–Crippen LogP) is 4.55. The van der Waals surface area contributed by atoms with Crippen LogP contribution in [0.2, 0.25) is 0 Å². The van der Waals surface area contributed by atoms with Crippen molar-refractivity contribution in [2.45, 2.75) is 78.4 Å². The van der Waals surface area contributed by atoms with E-state index in [4.69, 9.17) is 14.2 Å². The molecule has 184 valence electrons. The predicted molar refractivity (Wildman–Crippen MR) is 126 cm³/mol. The maximum atomic E-state index is 13.2. The number of amides is 1. The summed E-state index contributed by atoms with van der Waals surface area (Å²) in [4.78, 5) is 38.9. The summed E-state index contributed by atoms with van der Waals surface area (Å²) in [6.07, 6.45) is 1.76. The van der Waals surface area contributed by atoms with Crippen molar-refractivity contribution in [3.05, 3.63) is 35.4 Å². The van der Waals surface area contributed by atoms with Crippen LogP contribution in [0.15, 0.2) is 24.3 Å². The number of hydrogen-bond donors (Lipinski definition) is 0. The average molecular weight is 462 g/mol. The molecule has 1 aromatic carbocycles. The lowest BCUT2D eigenvalue weighted by molar-refractivity contribution is -0.162. The molecule has 0 bridgehead atoms. The summed E-state index contributed by atoms with van der Waals surface area (Å²) in [5.41, 5.74) is 0.859. The highest BCUT2D eigenvalue weighted by Gasteiger charge is 2.39. The second kappa shape index (κ2) is 11.0. The molecule has 2 atom stereocenters. The fraction of sp³-hybridized carbons (Fsp3) is 0.654. The summed E-state index contributed by atoms with van der Waals surface area (Å²) >= 11 is 0. The third-order valence-corrected chi connectivity index (χ3v) is 5.45. The summed E-state index contributed by atoms with van der Waals surface area (Å²) in [6, 6.07) is 7.92. The van der Waals surface area contributed by atoms with Gasteiger partial charge in [-0.2, -0.15) is 0 Å². The van der Waals surface area contributed by atoms with Crippen LogP contribution in [0, 0.1) is 11.8 Å². The second-order valence-corrected chi connectivity index (χ2v) is 10.7. The lowest BCUT2D eigenvalue weighted by Gasteiger charge is -2.28. The number of nitrogens with zero attached hydrogens (tertiary/aromatic N) is 1. The number of esters is 2. The van der Waals surface area contributed by atoms with Gasteiger partial charge >= 0.3 is 18.0 Å². The zero-order valence-electron chi connectivity index (χ0n) is 21.1. The lowest BCUT2D eigenvalue weighted by atomic mass is 9.85. The molecule has 0 saturated carbocycles. The molecule has 0 N–H and O–H groups in total. The second-order valence-electron chi connectivity index (χ2n) is 10.7. The third kappa shape index (κ3) is 9.06. The summed E-state index contributed by atoms with van der Waals surface area (Å²) in [7, 11) is 1.38. The van der Waals surface area contributed by atoms with Crippen molar-refractivity contribution >= 4 is 18.0 Å². The van der Waals surface area contributed by atoms with E-state index in [1.54, 1.807) is 4.90 Å². The molecule has 7 heteroatoms. The molecule has 1 saturated heterocycles. The molecule has 0 radical (unpaired) electrons. The fourth-order valence-corrected chi connectivity index (χ4v) is 3.94. The Labute approximate surface area is 197 Å². The summed E-state index contributed by atoms with van der Waals surface area (Å²) in [5.74, 6) is -0.905. The number of methoxy groups -OCH3 is 1. The van der Waals surface area contributed by atoms with Crippen LogP contribution >= 0.6 is 0 Å². The number of hydrogen-bond acceptors (Lipinski definition) is 6. The topological polar surface area (TPSA) is 82.1 Å². The molecule has 0 aliphatic carbocycles. The van der Waals surface area contributed by atoms with Crippen LogP contribution in [0.5, 0.6) is 0 Å². The molecular formula is C26H39NO6. The Morgan fingerprint density at radius 2 is 1.67 bits per heavy atom. The number of rotatable bonds is 7. The minimum absolute atomic E-state index is 0.0221. The minimum atomic E-state index is -0.596. The van der Waals surface area contributed by atoms with Gasteiger partial charge in [-0.3, -0.25) is 9.59 Å². The first-order valence-corrected chi connectivity index (χ1v) is 11.6.